The van der Waals surface area contributed by atoms with Crippen molar-refractivity contribution in [2.45, 2.75) is 90.9 Å². The Hall–Kier alpha value is -0.980. The predicted molar refractivity (Wildman–Crippen MR) is 112 cm³/mol. The van der Waals surface area contributed by atoms with Gasteiger partial charge in [0.25, 0.3) is 0 Å². The molecule has 3 rings (SSSR count). The molecule has 2 aliphatic carbocycles. The molecule has 26 heavy (non-hydrogen) atoms. The summed E-state index contributed by atoms with van der Waals surface area (Å²) in [6.07, 6.45) is 14.6. The van der Waals surface area contributed by atoms with E-state index in [-0.39, 0.29) is 0 Å². The van der Waals surface area contributed by atoms with Crippen molar-refractivity contribution in [1.82, 2.24) is 0 Å². The first kappa shape index (κ1) is 19.8. The third-order valence-electron chi connectivity index (χ3n) is 7.35. The van der Waals surface area contributed by atoms with Crippen molar-refractivity contribution in [3.05, 3.63) is 29.8 Å². The molecule has 0 spiro atoms. The molecule has 1 aromatic carbocycles. The van der Waals surface area contributed by atoms with Crippen LogP contribution in [0.25, 0.3) is 0 Å². The molecule has 0 heterocycles. The Bertz CT molecular complexity index is 511. The summed E-state index contributed by atoms with van der Waals surface area (Å²) in [6.45, 7) is 7.63. The summed E-state index contributed by atoms with van der Waals surface area (Å²) in [6, 6.07) is 8.95. The van der Waals surface area contributed by atoms with Crippen molar-refractivity contribution in [3.8, 4) is 5.75 Å². The molecule has 0 radical (unpaired) electrons. The largest absolute Gasteiger partial charge is 0.494 e. The molecule has 2 fully saturated rings. The van der Waals surface area contributed by atoms with Gasteiger partial charge in [-0.05, 0) is 86.3 Å². The van der Waals surface area contributed by atoms with E-state index in [1.807, 2.05) is 0 Å². The first-order valence-electron chi connectivity index (χ1n) is 11.4. The first-order chi connectivity index (χ1) is 12.7. The van der Waals surface area contributed by atoms with E-state index in [1.54, 1.807) is 0 Å². The topological polar surface area (TPSA) is 9.23 Å². The average Bonchev–Trinajstić information content (AvgIpc) is 2.68. The quantitative estimate of drug-likeness (QED) is 0.488. The highest BCUT2D eigenvalue weighted by molar-refractivity contribution is 5.30. The van der Waals surface area contributed by atoms with Gasteiger partial charge in [-0.25, -0.2) is 0 Å². The van der Waals surface area contributed by atoms with E-state index in [0.29, 0.717) is 0 Å². The lowest BCUT2D eigenvalue weighted by Crippen LogP contribution is -2.29. The van der Waals surface area contributed by atoms with Gasteiger partial charge in [0.15, 0.2) is 0 Å². The molecule has 2 aliphatic rings. The molecular formula is C25H40O. The van der Waals surface area contributed by atoms with E-state index in [1.165, 1.54) is 69.8 Å². The first-order valence-corrected chi connectivity index (χ1v) is 11.4. The zero-order valence-electron chi connectivity index (χ0n) is 17.4. The molecule has 3 unspecified atom stereocenters. The lowest BCUT2D eigenvalue weighted by molar-refractivity contribution is 0.130. The summed E-state index contributed by atoms with van der Waals surface area (Å²) < 4.78 is 5.60. The highest BCUT2D eigenvalue weighted by Crippen LogP contribution is 2.47. The van der Waals surface area contributed by atoms with Crippen molar-refractivity contribution in [2.24, 2.45) is 23.7 Å². The van der Waals surface area contributed by atoms with Crippen LogP contribution >= 0.6 is 0 Å². The second-order valence-corrected chi connectivity index (χ2v) is 9.08. The molecule has 2 saturated carbocycles. The van der Waals surface area contributed by atoms with E-state index in [4.69, 9.17) is 4.74 Å². The minimum atomic E-state index is 0.752. The van der Waals surface area contributed by atoms with Gasteiger partial charge in [0, 0.05) is 0 Å². The van der Waals surface area contributed by atoms with Gasteiger partial charge in [0.1, 0.15) is 5.75 Å². The van der Waals surface area contributed by atoms with Gasteiger partial charge in [0.2, 0.25) is 0 Å². The van der Waals surface area contributed by atoms with Crippen molar-refractivity contribution >= 4 is 0 Å². The number of rotatable bonds is 7. The van der Waals surface area contributed by atoms with Gasteiger partial charge in [-0.1, -0.05) is 58.1 Å². The fraction of sp³-hybridized carbons (Fsp3) is 0.760. The summed E-state index contributed by atoms with van der Waals surface area (Å²) in [5.41, 5.74) is 1.53. The summed E-state index contributed by atoms with van der Waals surface area (Å²) >= 11 is 0. The number of unbranched alkanes of at least 4 members (excludes halogenated alkanes) is 1. The minimum Gasteiger partial charge on any atom is -0.494 e. The van der Waals surface area contributed by atoms with Crippen LogP contribution in [-0.4, -0.2) is 6.61 Å². The van der Waals surface area contributed by atoms with Crippen molar-refractivity contribution in [1.29, 1.82) is 0 Å². The Morgan fingerprint density at radius 2 is 1.58 bits per heavy atom. The van der Waals surface area contributed by atoms with Crippen LogP contribution in [0.3, 0.4) is 0 Å². The lowest BCUT2D eigenvalue weighted by Gasteiger charge is -2.41. The van der Waals surface area contributed by atoms with Gasteiger partial charge in [0.05, 0.1) is 6.61 Å². The highest BCUT2D eigenvalue weighted by Gasteiger charge is 2.34. The minimum absolute atomic E-state index is 0.752. The van der Waals surface area contributed by atoms with E-state index < -0.39 is 0 Å². The Balaban J connectivity index is 1.49. The molecule has 1 nitrogen and oxygen atoms in total. The standard InChI is InChI=1S/C25H40O/c1-4-6-7-20-8-10-21(11-9-20)23-14-17-25(19(3)18-23)22-12-15-24(16-13-22)26-5-2/h12-13,15-16,19-21,23,25H,4-11,14,17-18H2,1-3H3/t19?,20-,21-,23?,25?. The average molecular weight is 357 g/mol. The zero-order valence-corrected chi connectivity index (χ0v) is 17.4. The molecule has 1 heteroatoms. The van der Waals surface area contributed by atoms with Crippen molar-refractivity contribution in [2.75, 3.05) is 6.61 Å². The van der Waals surface area contributed by atoms with Crippen LogP contribution in [0.4, 0.5) is 0 Å². The third-order valence-corrected chi connectivity index (χ3v) is 7.35. The number of ether oxygens (including phenoxy) is 1. The molecule has 3 atom stereocenters. The van der Waals surface area contributed by atoms with Crippen LogP contribution in [0.5, 0.6) is 5.75 Å². The second kappa shape index (κ2) is 9.81. The van der Waals surface area contributed by atoms with Crippen LogP contribution in [0.2, 0.25) is 0 Å². The predicted octanol–water partition coefficient (Wildman–Crippen LogP) is 7.60. The van der Waals surface area contributed by atoms with Crippen LogP contribution < -0.4 is 4.74 Å². The molecule has 1 aromatic rings. The maximum atomic E-state index is 5.60. The monoisotopic (exact) mass is 356 g/mol. The molecule has 0 saturated heterocycles. The number of hydrogen-bond acceptors (Lipinski definition) is 1. The van der Waals surface area contributed by atoms with Crippen molar-refractivity contribution < 1.29 is 4.74 Å². The van der Waals surface area contributed by atoms with Gasteiger partial charge in [-0.2, -0.15) is 0 Å². The summed E-state index contributed by atoms with van der Waals surface area (Å²) in [7, 11) is 0. The normalized spacial score (nSPS) is 32.3. The Kier molecular flexibility index (Phi) is 7.46. The van der Waals surface area contributed by atoms with Gasteiger partial charge in [-0.3, -0.25) is 0 Å². The molecule has 0 bridgehead atoms. The van der Waals surface area contributed by atoms with Crippen LogP contribution in [0.15, 0.2) is 24.3 Å². The second-order valence-electron chi connectivity index (χ2n) is 9.08. The molecule has 0 amide bonds. The smallest absolute Gasteiger partial charge is 0.119 e. The zero-order chi connectivity index (χ0) is 18.4. The van der Waals surface area contributed by atoms with Gasteiger partial charge in [-0.15, -0.1) is 0 Å². The highest BCUT2D eigenvalue weighted by atomic mass is 16.5. The Morgan fingerprint density at radius 1 is 0.885 bits per heavy atom. The summed E-state index contributed by atoms with van der Waals surface area (Å²) in [5, 5.41) is 0. The fourth-order valence-electron chi connectivity index (χ4n) is 5.78. The van der Waals surface area contributed by atoms with Crippen molar-refractivity contribution in [3.63, 3.8) is 0 Å². The Morgan fingerprint density at radius 3 is 2.19 bits per heavy atom. The Labute approximate surface area is 161 Å². The van der Waals surface area contributed by atoms with Crippen LogP contribution in [-0.2, 0) is 0 Å². The van der Waals surface area contributed by atoms with Crippen LogP contribution in [0, 0.1) is 23.7 Å². The molecule has 0 N–H and O–H groups in total. The van der Waals surface area contributed by atoms with E-state index in [9.17, 15) is 0 Å². The SMILES string of the molecule is CCCC[C@H]1CC[C@H](C2CCC(c3ccc(OCC)cc3)C(C)C2)CC1. The molecule has 146 valence electrons. The van der Waals surface area contributed by atoms with E-state index in [2.05, 4.69) is 45.0 Å². The van der Waals surface area contributed by atoms with Gasteiger partial charge < -0.3 is 4.74 Å². The summed E-state index contributed by atoms with van der Waals surface area (Å²) in [5.74, 6) is 5.65. The van der Waals surface area contributed by atoms with Gasteiger partial charge >= 0.3 is 0 Å². The fourth-order valence-corrected chi connectivity index (χ4v) is 5.78. The summed E-state index contributed by atoms with van der Waals surface area (Å²) in [4.78, 5) is 0. The lowest BCUT2D eigenvalue weighted by atomic mass is 9.65. The van der Waals surface area contributed by atoms with E-state index in [0.717, 1.165) is 41.9 Å². The number of benzene rings is 1. The third kappa shape index (κ3) is 5.05. The molecule has 0 aromatic heterocycles. The number of hydrogen-bond donors (Lipinski definition) is 0. The molecular weight excluding hydrogens is 316 g/mol. The van der Waals surface area contributed by atoms with E-state index >= 15 is 0 Å². The maximum Gasteiger partial charge on any atom is 0.119 e. The molecule has 0 aliphatic heterocycles. The maximum absolute atomic E-state index is 5.60. The van der Waals surface area contributed by atoms with Crippen LogP contribution in [0.1, 0.15) is 96.5 Å².